The molecule has 0 heterocycles. The van der Waals surface area contributed by atoms with Crippen molar-refractivity contribution >= 4 is 5.91 Å². The van der Waals surface area contributed by atoms with Gasteiger partial charge in [-0.3, -0.25) is 4.79 Å². The number of ether oxygens (including phenoxy) is 2. The molecule has 1 aromatic rings. The molecule has 0 aliphatic heterocycles. The van der Waals surface area contributed by atoms with Crippen molar-refractivity contribution in [1.29, 1.82) is 0 Å². The van der Waals surface area contributed by atoms with Gasteiger partial charge in [-0.05, 0) is 12.1 Å². The lowest BCUT2D eigenvalue weighted by atomic mass is 10.2. The lowest BCUT2D eigenvalue weighted by molar-refractivity contribution is -0.0499. The van der Waals surface area contributed by atoms with Gasteiger partial charge in [0, 0.05) is 25.3 Å². The fraction of sp³-hybridized carbons (Fsp3) is 0.364. The van der Waals surface area contributed by atoms with Crippen LogP contribution in [0.15, 0.2) is 18.2 Å². The van der Waals surface area contributed by atoms with E-state index in [2.05, 4.69) is 10.1 Å². The highest BCUT2D eigenvalue weighted by molar-refractivity contribution is 5.95. The first-order valence-electron chi connectivity index (χ1n) is 5.09. The molecule has 0 saturated carbocycles. The number of carbonyl (C=O) groups excluding carboxylic acids is 1. The quantitative estimate of drug-likeness (QED) is 0.759. The van der Waals surface area contributed by atoms with Gasteiger partial charge in [-0.25, -0.2) is 0 Å². The molecule has 2 N–H and O–H groups in total. The first kappa shape index (κ1) is 14.2. The summed E-state index contributed by atoms with van der Waals surface area (Å²) in [7, 11) is 1.48. The highest BCUT2D eigenvalue weighted by Gasteiger charge is 2.11. The highest BCUT2D eigenvalue weighted by atomic mass is 19.3. The summed E-state index contributed by atoms with van der Waals surface area (Å²) in [5, 5.41) is 11.8. The fourth-order valence-electron chi connectivity index (χ4n) is 1.25. The van der Waals surface area contributed by atoms with Crippen molar-refractivity contribution in [3.63, 3.8) is 0 Å². The van der Waals surface area contributed by atoms with Crippen LogP contribution in [-0.4, -0.2) is 37.9 Å². The van der Waals surface area contributed by atoms with Crippen LogP contribution >= 0.6 is 0 Å². The number of benzene rings is 1. The molecule has 0 fully saturated rings. The number of hydrogen-bond acceptors (Lipinski definition) is 4. The number of nitrogens with one attached hydrogen (secondary N) is 1. The van der Waals surface area contributed by atoms with Gasteiger partial charge in [-0.15, -0.1) is 0 Å². The molecular formula is C11H13F2NO4. The van der Waals surface area contributed by atoms with E-state index < -0.39 is 12.5 Å². The van der Waals surface area contributed by atoms with Gasteiger partial charge in [0.2, 0.25) is 0 Å². The average molecular weight is 261 g/mol. The third-order valence-corrected chi connectivity index (χ3v) is 1.97. The van der Waals surface area contributed by atoms with Crippen molar-refractivity contribution < 1.29 is 28.2 Å². The van der Waals surface area contributed by atoms with Gasteiger partial charge in [-0.1, -0.05) is 0 Å². The standard InChI is InChI=1S/C11H13F2NO4/c1-17-3-2-14-10(16)7-4-8(15)6-9(5-7)18-11(12)13/h4-6,11,15H,2-3H2,1H3,(H,14,16). The van der Waals surface area contributed by atoms with E-state index in [1.807, 2.05) is 0 Å². The van der Waals surface area contributed by atoms with Crippen LogP contribution in [0.2, 0.25) is 0 Å². The number of phenols is 1. The second kappa shape index (κ2) is 6.75. The van der Waals surface area contributed by atoms with Crippen molar-refractivity contribution in [3.8, 4) is 11.5 Å². The first-order valence-corrected chi connectivity index (χ1v) is 5.09. The number of phenolic OH excluding ortho intramolecular Hbond substituents is 1. The smallest absolute Gasteiger partial charge is 0.387 e. The van der Waals surface area contributed by atoms with Gasteiger partial charge in [-0.2, -0.15) is 8.78 Å². The van der Waals surface area contributed by atoms with E-state index in [1.165, 1.54) is 7.11 Å². The number of hydrogen-bond donors (Lipinski definition) is 2. The van der Waals surface area contributed by atoms with E-state index in [0.717, 1.165) is 18.2 Å². The number of halogens is 2. The van der Waals surface area contributed by atoms with Gasteiger partial charge in [0.15, 0.2) is 0 Å². The van der Waals surface area contributed by atoms with Crippen LogP contribution in [0.4, 0.5) is 8.78 Å². The van der Waals surface area contributed by atoms with Gasteiger partial charge >= 0.3 is 6.61 Å². The Hall–Kier alpha value is -1.89. The third kappa shape index (κ3) is 4.54. The van der Waals surface area contributed by atoms with E-state index in [-0.39, 0.29) is 23.6 Å². The number of amides is 1. The zero-order valence-corrected chi connectivity index (χ0v) is 9.65. The van der Waals surface area contributed by atoms with Gasteiger partial charge in [0.1, 0.15) is 11.5 Å². The molecule has 0 saturated heterocycles. The summed E-state index contributed by atoms with van der Waals surface area (Å²) in [4.78, 5) is 11.6. The number of methoxy groups -OCH3 is 1. The van der Waals surface area contributed by atoms with Crippen LogP contribution in [0.1, 0.15) is 10.4 Å². The number of carbonyl (C=O) groups is 1. The molecule has 0 radical (unpaired) electrons. The first-order chi connectivity index (χ1) is 8.52. The molecule has 1 aromatic carbocycles. The third-order valence-electron chi connectivity index (χ3n) is 1.97. The molecule has 0 atom stereocenters. The van der Waals surface area contributed by atoms with Crippen molar-refractivity contribution in [3.05, 3.63) is 23.8 Å². The molecule has 0 aromatic heterocycles. The topological polar surface area (TPSA) is 67.8 Å². The number of alkyl halides is 2. The van der Waals surface area contributed by atoms with Crippen LogP contribution in [0.25, 0.3) is 0 Å². The maximum atomic E-state index is 12.0. The molecule has 5 nitrogen and oxygen atoms in total. The van der Waals surface area contributed by atoms with Crippen molar-refractivity contribution in [2.45, 2.75) is 6.61 Å². The lowest BCUT2D eigenvalue weighted by Crippen LogP contribution is -2.26. The maximum absolute atomic E-state index is 12.0. The SMILES string of the molecule is COCCNC(=O)c1cc(O)cc(OC(F)F)c1. The summed E-state index contributed by atoms with van der Waals surface area (Å²) in [5.41, 5.74) is 0.0294. The van der Waals surface area contributed by atoms with E-state index in [1.54, 1.807) is 0 Å². The van der Waals surface area contributed by atoms with Crippen LogP contribution in [0.3, 0.4) is 0 Å². The lowest BCUT2D eigenvalue weighted by Gasteiger charge is -2.08. The van der Waals surface area contributed by atoms with Gasteiger partial charge < -0.3 is 19.9 Å². The predicted molar refractivity (Wildman–Crippen MR) is 58.9 cm³/mol. The Labute approximate surface area is 102 Å². The molecule has 18 heavy (non-hydrogen) atoms. The van der Waals surface area contributed by atoms with Crippen molar-refractivity contribution in [2.24, 2.45) is 0 Å². The minimum Gasteiger partial charge on any atom is -0.508 e. The second-order valence-electron chi connectivity index (χ2n) is 3.34. The van der Waals surface area contributed by atoms with Crippen molar-refractivity contribution in [2.75, 3.05) is 20.3 Å². The van der Waals surface area contributed by atoms with Crippen LogP contribution in [-0.2, 0) is 4.74 Å². The number of rotatable bonds is 6. The average Bonchev–Trinajstić information content (AvgIpc) is 2.27. The zero-order valence-electron chi connectivity index (χ0n) is 9.65. The van der Waals surface area contributed by atoms with E-state index >= 15 is 0 Å². The highest BCUT2D eigenvalue weighted by Crippen LogP contribution is 2.23. The minimum absolute atomic E-state index is 0.0294. The van der Waals surface area contributed by atoms with Crippen molar-refractivity contribution in [1.82, 2.24) is 5.32 Å². The van der Waals surface area contributed by atoms with Crippen LogP contribution in [0.5, 0.6) is 11.5 Å². The van der Waals surface area contributed by atoms with Gasteiger partial charge in [0.05, 0.1) is 6.61 Å². The Morgan fingerprint density at radius 2 is 2.17 bits per heavy atom. The Morgan fingerprint density at radius 3 is 2.78 bits per heavy atom. The summed E-state index contributed by atoms with van der Waals surface area (Å²) in [6.45, 7) is -2.42. The summed E-state index contributed by atoms with van der Waals surface area (Å²) in [5.74, 6) is -1.12. The predicted octanol–water partition coefficient (Wildman–Crippen LogP) is 1.37. The summed E-state index contributed by atoms with van der Waals surface area (Å²) < 4.78 is 32.9. The van der Waals surface area contributed by atoms with Crippen LogP contribution < -0.4 is 10.1 Å². The Morgan fingerprint density at radius 1 is 1.44 bits per heavy atom. The molecule has 0 unspecified atom stereocenters. The summed E-state index contributed by atoms with van der Waals surface area (Å²) in [6, 6.07) is 3.27. The summed E-state index contributed by atoms with van der Waals surface area (Å²) >= 11 is 0. The Kier molecular flexibility index (Phi) is 5.31. The molecule has 7 heteroatoms. The normalized spacial score (nSPS) is 10.4. The molecule has 1 rings (SSSR count). The largest absolute Gasteiger partial charge is 0.508 e. The molecule has 0 aliphatic rings. The zero-order chi connectivity index (χ0) is 13.5. The van der Waals surface area contributed by atoms with E-state index in [0.29, 0.717) is 6.61 Å². The molecule has 1 amide bonds. The monoisotopic (exact) mass is 261 g/mol. The fourth-order valence-corrected chi connectivity index (χ4v) is 1.25. The van der Waals surface area contributed by atoms with Gasteiger partial charge in [0.25, 0.3) is 5.91 Å². The number of aromatic hydroxyl groups is 1. The second-order valence-corrected chi connectivity index (χ2v) is 3.34. The Balaban J connectivity index is 2.75. The Bertz CT molecular complexity index is 412. The summed E-state index contributed by atoms with van der Waals surface area (Å²) in [6.07, 6.45) is 0. The van der Waals surface area contributed by atoms with E-state index in [9.17, 15) is 18.7 Å². The van der Waals surface area contributed by atoms with Crippen LogP contribution in [0, 0.1) is 0 Å². The molecule has 100 valence electrons. The maximum Gasteiger partial charge on any atom is 0.387 e. The molecular weight excluding hydrogens is 248 g/mol. The minimum atomic E-state index is -3.02. The van der Waals surface area contributed by atoms with E-state index in [4.69, 9.17) is 4.74 Å². The molecule has 0 spiro atoms. The molecule has 0 aliphatic carbocycles. The molecule has 0 bridgehead atoms.